The monoisotopic (exact) mass is 468 g/mol. The molecule has 7 nitrogen and oxygen atoms in total. The third kappa shape index (κ3) is 3.70. The van der Waals surface area contributed by atoms with Gasteiger partial charge in [-0.05, 0) is 55.9 Å². The summed E-state index contributed by atoms with van der Waals surface area (Å²) in [5.41, 5.74) is 2.65. The topological polar surface area (TPSA) is 80.9 Å². The van der Waals surface area contributed by atoms with Crippen molar-refractivity contribution in [3.05, 3.63) is 73.3 Å². The lowest BCUT2D eigenvalue weighted by Gasteiger charge is -2.11. The van der Waals surface area contributed by atoms with Gasteiger partial charge in [0.1, 0.15) is 5.65 Å². The Hall–Kier alpha value is -2.91. The van der Waals surface area contributed by atoms with E-state index in [2.05, 4.69) is 36.2 Å². The van der Waals surface area contributed by atoms with Crippen LogP contribution in [0.1, 0.15) is 18.2 Å². The van der Waals surface area contributed by atoms with Crippen molar-refractivity contribution < 1.29 is 0 Å². The summed E-state index contributed by atoms with van der Waals surface area (Å²) in [4.78, 5) is 17.7. The number of aromatic nitrogens is 5. The Morgan fingerprint density at radius 1 is 1.24 bits per heavy atom. The van der Waals surface area contributed by atoms with Crippen LogP contribution in [0.25, 0.3) is 22.4 Å². The summed E-state index contributed by atoms with van der Waals surface area (Å²) in [5.74, 6) is 0.359. The number of pyridine rings is 2. The second-order valence-electron chi connectivity index (χ2n) is 6.44. The standard InChI is InChI=1S/C20H17BrN6OS/c1-3-26-11-16(17(28)15-9-4-12(2)23-18(15)26)19-24-25-20(29)27(19)22-10-13-5-7-14(21)8-6-13/h4-11H,3H2,1-2H3,(H,25,29)/b22-10+. The van der Waals surface area contributed by atoms with Gasteiger partial charge in [0.2, 0.25) is 10.2 Å². The van der Waals surface area contributed by atoms with Crippen LogP contribution in [0.3, 0.4) is 0 Å². The number of rotatable bonds is 4. The van der Waals surface area contributed by atoms with Crippen LogP contribution in [0.5, 0.6) is 0 Å². The van der Waals surface area contributed by atoms with Crippen molar-refractivity contribution in [3.63, 3.8) is 0 Å². The van der Waals surface area contributed by atoms with Crippen molar-refractivity contribution >= 4 is 45.4 Å². The molecule has 0 spiro atoms. The van der Waals surface area contributed by atoms with Crippen molar-refractivity contribution in [1.82, 2.24) is 24.4 Å². The van der Waals surface area contributed by atoms with Gasteiger partial charge in [0.05, 0.1) is 17.2 Å². The van der Waals surface area contributed by atoms with E-state index in [0.717, 1.165) is 15.7 Å². The molecule has 0 bridgehead atoms. The Morgan fingerprint density at radius 3 is 2.72 bits per heavy atom. The molecule has 0 amide bonds. The minimum Gasteiger partial charge on any atom is -0.332 e. The van der Waals surface area contributed by atoms with Crippen LogP contribution >= 0.6 is 28.1 Å². The molecule has 0 aliphatic rings. The highest BCUT2D eigenvalue weighted by atomic mass is 79.9. The van der Waals surface area contributed by atoms with Gasteiger partial charge in [0.25, 0.3) is 0 Å². The lowest BCUT2D eigenvalue weighted by molar-refractivity contribution is 0.773. The van der Waals surface area contributed by atoms with Gasteiger partial charge in [-0.1, -0.05) is 28.1 Å². The number of H-pyrrole nitrogens is 1. The molecule has 4 aromatic rings. The van der Waals surface area contributed by atoms with Crippen LogP contribution < -0.4 is 5.43 Å². The number of nitrogens with one attached hydrogen (secondary N) is 1. The molecule has 9 heteroatoms. The molecule has 146 valence electrons. The Labute approximate surface area is 179 Å². The van der Waals surface area contributed by atoms with Crippen molar-refractivity contribution in [2.24, 2.45) is 5.10 Å². The predicted octanol–water partition coefficient (Wildman–Crippen LogP) is 4.29. The Kier molecular flexibility index (Phi) is 5.25. The molecule has 1 N–H and O–H groups in total. The van der Waals surface area contributed by atoms with E-state index in [1.54, 1.807) is 18.5 Å². The number of hydrogen-bond donors (Lipinski definition) is 1. The maximum absolute atomic E-state index is 13.2. The van der Waals surface area contributed by atoms with E-state index in [4.69, 9.17) is 12.2 Å². The maximum Gasteiger partial charge on any atom is 0.216 e. The zero-order valence-electron chi connectivity index (χ0n) is 15.8. The zero-order chi connectivity index (χ0) is 20.5. The molecule has 0 unspecified atom stereocenters. The number of aryl methyl sites for hydroxylation is 2. The highest BCUT2D eigenvalue weighted by Crippen LogP contribution is 2.18. The molecule has 3 heterocycles. The molecular formula is C20H17BrN6OS. The van der Waals surface area contributed by atoms with Crippen molar-refractivity contribution in [3.8, 4) is 11.4 Å². The number of aromatic amines is 1. The van der Waals surface area contributed by atoms with Crippen LogP contribution in [0.2, 0.25) is 0 Å². The third-order valence-corrected chi connectivity index (χ3v) is 5.28. The molecule has 29 heavy (non-hydrogen) atoms. The summed E-state index contributed by atoms with van der Waals surface area (Å²) < 4.78 is 4.68. The summed E-state index contributed by atoms with van der Waals surface area (Å²) >= 11 is 8.74. The quantitative estimate of drug-likeness (QED) is 0.357. The maximum atomic E-state index is 13.2. The Bertz CT molecular complexity index is 1350. The van der Waals surface area contributed by atoms with Gasteiger partial charge in [0.15, 0.2) is 5.82 Å². The number of halogens is 1. The highest BCUT2D eigenvalue weighted by molar-refractivity contribution is 9.10. The first-order valence-electron chi connectivity index (χ1n) is 8.96. The van der Waals surface area contributed by atoms with Gasteiger partial charge in [-0.3, -0.25) is 4.79 Å². The van der Waals surface area contributed by atoms with Gasteiger partial charge in [-0.2, -0.15) is 14.9 Å². The molecule has 0 aliphatic heterocycles. The van der Waals surface area contributed by atoms with E-state index >= 15 is 0 Å². The van der Waals surface area contributed by atoms with Crippen LogP contribution in [-0.2, 0) is 6.54 Å². The second-order valence-corrected chi connectivity index (χ2v) is 7.74. The van der Waals surface area contributed by atoms with Gasteiger partial charge >= 0.3 is 0 Å². The first kappa shape index (κ1) is 19.4. The highest BCUT2D eigenvalue weighted by Gasteiger charge is 2.17. The summed E-state index contributed by atoms with van der Waals surface area (Å²) in [5, 5.41) is 12.0. The molecular weight excluding hydrogens is 452 g/mol. The fraction of sp³-hybridized carbons (Fsp3) is 0.150. The van der Waals surface area contributed by atoms with E-state index in [9.17, 15) is 4.79 Å². The second kappa shape index (κ2) is 7.84. The van der Waals surface area contributed by atoms with Gasteiger partial charge in [0, 0.05) is 22.9 Å². The predicted molar refractivity (Wildman–Crippen MR) is 120 cm³/mol. The Morgan fingerprint density at radius 2 is 2.00 bits per heavy atom. The number of fused-ring (bicyclic) bond motifs is 1. The van der Waals surface area contributed by atoms with Crippen LogP contribution in [-0.4, -0.2) is 30.6 Å². The molecule has 0 fully saturated rings. The lowest BCUT2D eigenvalue weighted by Crippen LogP contribution is -2.15. The van der Waals surface area contributed by atoms with Crippen LogP contribution in [0.4, 0.5) is 0 Å². The molecule has 0 aliphatic carbocycles. The van der Waals surface area contributed by atoms with E-state index in [1.165, 1.54) is 4.68 Å². The fourth-order valence-corrected chi connectivity index (χ4v) is 3.45. The minimum absolute atomic E-state index is 0.161. The fourth-order valence-electron chi connectivity index (χ4n) is 3.01. The van der Waals surface area contributed by atoms with E-state index in [1.807, 2.05) is 48.7 Å². The van der Waals surface area contributed by atoms with Crippen LogP contribution in [0.15, 0.2) is 57.0 Å². The number of nitrogens with zero attached hydrogens (tertiary/aromatic N) is 5. The molecule has 1 aromatic carbocycles. The average Bonchev–Trinajstić information content (AvgIpc) is 3.08. The van der Waals surface area contributed by atoms with Gasteiger partial charge in [-0.25, -0.2) is 10.1 Å². The lowest BCUT2D eigenvalue weighted by atomic mass is 10.1. The largest absolute Gasteiger partial charge is 0.332 e. The summed E-state index contributed by atoms with van der Waals surface area (Å²) in [7, 11) is 0. The van der Waals surface area contributed by atoms with Gasteiger partial charge < -0.3 is 4.57 Å². The zero-order valence-corrected chi connectivity index (χ0v) is 18.2. The minimum atomic E-state index is -0.161. The molecule has 0 radical (unpaired) electrons. The van der Waals surface area contributed by atoms with Crippen molar-refractivity contribution in [1.29, 1.82) is 0 Å². The molecule has 4 rings (SSSR count). The third-order valence-electron chi connectivity index (χ3n) is 4.48. The van der Waals surface area contributed by atoms with E-state index < -0.39 is 0 Å². The smallest absolute Gasteiger partial charge is 0.216 e. The summed E-state index contributed by atoms with van der Waals surface area (Å²) in [6.07, 6.45) is 3.43. The van der Waals surface area contributed by atoms with E-state index in [0.29, 0.717) is 33.7 Å². The number of benzene rings is 1. The normalized spacial score (nSPS) is 11.6. The van der Waals surface area contributed by atoms with Crippen LogP contribution in [0, 0.1) is 11.7 Å². The summed E-state index contributed by atoms with van der Waals surface area (Å²) in [6, 6.07) is 11.3. The molecule has 0 atom stereocenters. The summed E-state index contributed by atoms with van der Waals surface area (Å²) in [6.45, 7) is 4.56. The van der Waals surface area contributed by atoms with Crippen molar-refractivity contribution in [2.45, 2.75) is 20.4 Å². The van der Waals surface area contributed by atoms with E-state index in [-0.39, 0.29) is 5.43 Å². The van der Waals surface area contributed by atoms with Gasteiger partial charge in [-0.15, -0.1) is 0 Å². The van der Waals surface area contributed by atoms with Crippen molar-refractivity contribution in [2.75, 3.05) is 0 Å². The number of hydrogen-bond acceptors (Lipinski definition) is 5. The molecule has 0 saturated carbocycles. The SMILES string of the molecule is CCn1cc(-c2n[nH]c(=S)n2/N=C/c2ccc(Br)cc2)c(=O)c2ccc(C)nc21. The first-order chi connectivity index (χ1) is 14.0. The first-order valence-corrected chi connectivity index (χ1v) is 10.2. The molecule has 0 saturated heterocycles. The molecule has 3 aromatic heterocycles. The Balaban J connectivity index is 1.88. The average molecular weight is 469 g/mol.